The van der Waals surface area contributed by atoms with Gasteiger partial charge in [0.05, 0.1) is 35.0 Å². The Balaban J connectivity index is 1.87. The third-order valence-corrected chi connectivity index (χ3v) is 5.08. The number of benzene rings is 1. The Kier molecular flexibility index (Phi) is 3.84. The summed E-state index contributed by atoms with van der Waals surface area (Å²) < 4.78 is 11.6. The molecule has 2 aliphatic rings. The van der Waals surface area contributed by atoms with E-state index in [1.54, 1.807) is 6.20 Å². The van der Waals surface area contributed by atoms with E-state index in [2.05, 4.69) is 22.0 Å². The number of nitrogens with zero attached hydrogens (tertiary/aromatic N) is 3. The molecule has 3 heterocycles. The van der Waals surface area contributed by atoms with Crippen LogP contribution in [0.25, 0.3) is 10.9 Å². The molecule has 0 radical (unpaired) electrons. The molecule has 6 heteroatoms. The molecule has 0 aliphatic carbocycles. The lowest BCUT2D eigenvalue weighted by Crippen LogP contribution is -2.52. The number of anilines is 1. The van der Waals surface area contributed by atoms with E-state index in [9.17, 15) is 5.26 Å². The molecule has 124 valence electrons. The second kappa shape index (κ2) is 5.89. The Bertz CT molecular complexity index is 840. The molecule has 2 aliphatic heterocycles. The largest absolute Gasteiger partial charge is 0.378 e. The number of rotatable bonds is 1. The number of aromatic nitrogens is 1. The summed E-state index contributed by atoms with van der Waals surface area (Å²) in [7, 11) is 0. The van der Waals surface area contributed by atoms with Crippen molar-refractivity contribution in [3.63, 3.8) is 0 Å². The predicted octanol–water partition coefficient (Wildman–Crippen LogP) is 3.06. The second-order valence-corrected chi connectivity index (χ2v) is 6.94. The quantitative estimate of drug-likeness (QED) is 0.796. The average Bonchev–Trinajstić information content (AvgIpc) is 3.01. The van der Waals surface area contributed by atoms with E-state index >= 15 is 0 Å². The zero-order chi connectivity index (χ0) is 16.7. The molecule has 1 atom stereocenters. The minimum atomic E-state index is -0.270. The van der Waals surface area contributed by atoms with E-state index in [-0.39, 0.29) is 5.60 Å². The van der Waals surface area contributed by atoms with Crippen LogP contribution in [0, 0.1) is 18.3 Å². The Hall–Kier alpha value is -1.87. The summed E-state index contributed by atoms with van der Waals surface area (Å²) in [5.74, 6) is 0. The van der Waals surface area contributed by atoms with Crippen molar-refractivity contribution in [1.82, 2.24) is 4.98 Å². The van der Waals surface area contributed by atoms with E-state index in [1.807, 2.05) is 13.0 Å². The van der Waals surface area contributed by atoms with E-state index in [4.69, 9.17) is 21.1 Å². The summed E-state index contributed by atoms with van der Waals surface area (Å²) in [6, 6.07) is 6.24. The van der Waals surface area contributed by atoms with Gasteiger partial charge in [-0.3, -0.25) is 4.98 Å². The number of halogens is 1. The molecule has 0 unspecified atom stereocenters. The maximum Gasteiger partial charge on any atom is 0.111 e. The fraction of sp³-hybridized carbons (Fsp3) is 0.444. The first kappa shape index (κ1) is 15.6. The fourth-order valence-corrected chi connectivity index (χ4v) is 3.99. The minimum Gasteiger partial charge on any atom is -0.378 e. The first-order chi connectivity index (χ1) is 11.6. The smallest absolute Gasteiger partial charge is 0.111 e. The topological polar surface area (TPSA) is 58.4 Å². The van der Waals surface area contributed by atoms with E-state index in [0.717, 1.165) is 41.7 Å². The number of aryl methyl sites for hydroxylation is 1. The van der Waals surface area contributed by atoms with Gasteiger partial charge in [0.15, 0.2) is 0 Å². The molecular formula is C18H18ClN3O2. The minimum absolute atomic E-state index is 0.270. The summed E-state index contributed by atoms with van der Waals surface area (Å²) in [4.78, 5) is 6.63. The summed E-state index contributed by atoms with van der Waals surface area (Å²) in [6.07, 6.45) is 2.50. The number of pyridine rings is 1. The molecule has 5 nitrogen and oxygen atoms in total. The number of hydrogen-bond donors (Lipinski definition) is 0. The van der Waals surface area contributed by atoms with Crippen LogP contribution in [0.5, 0.6) is 0 Å². The maximum atomic E-state index is 9.60. The highest BCUT2D eigenvalue weighted by atomic mass is 35.5. The zero-order valence-electron chi connectivity index (χ0n) is 13.5. The third kappa shape index (κ3) is 2.51. The van der Waals surface area contributed by atoms with Gasteiger partial charge in [0.25, 0.3) is 0 Å². The van der Waals surface area contributed by atoms with Crippen molar-refractivity contribution in [2.75, 3.05) is 37.8 Å². The van der Waals surface area contributed by atoms with Gasteiger partial charge in [-0.1, -0.05) is 11.6 Å². The van der Waals surface area contributed by atoms with Crippen LogP contribution < -0.4 is 4.90 Å². The zero-order valence-corrected chi connectivity index (χ0v) is 14.3. The SMILES string of the molecule is Cc1cc(Cl)c2ncc(C#N)c(N3CCO[C@]4(CCOC4)C3)c2c1. The molecule has 2 aromatic rings. The molecule has 0 amide bonds. The maximum absolute atomic E-state index is 9.60. The lowest BCUT2D eigenvalue weighted by molar-refractivity contribution is -0.0578. The predicted molar refractivity (Wildman–Crippen MR) is 92.5 cm³/mol. The standard InChI is InChI=1S/C18H18ClN3O2/c1-12-6-14-16(15(19)7-12)21-9-13(8-20)17(14)22-3-5-24-18(10-22)2-4-23-11-18/h6-7,9H,2-5,10-11H2,1H3/t18-/m1/s1. The molecule has 0 N–H and O–H groups in total. The number of ether oxygens (including phenoxy) is 2. The van der Waals surface area contributed by atoms with Gasteiger partial charge in [0, 0.05) is 37.7 Å². The highest BCUT2D eigenvalue weighted by Crippen LogP contribution is 2.37. The summed E-state index contributed by atoms with van der Waals surface area (Å²) in [6.45, 7) is 5.40. The van der Waals surface area contributed by atoms with Gasteiger partial charge < -0.3 is 14.4 Å². The monoisotopic (exact) mass is 343 g/mol. The van der Waals surface area contributed by atoms with Crippen molar-refractivity contribution in [2.24, 2.45) is 0 Å². The lowest BCUT2D eigenvalue weighted by atomic mass is 9.98. The van der Waals surface area contributed by atoms with E-state index < -0.39 is 0 Å². The first-order valence-corrected chi connectivity index (χ1v) is 8.45. The Labute approximate surface area is 145 Å². The van der Waals surface area contributed by atoms with Crippen LogP contribution in [-0.4, -0.2) is 43.5 Å². The molecule has 24 heavy (non-hydrogen) atoms. The average molecular weight is 344 g/mol. The summed E-state index contributed by atoms with van der Waals surface area (Å²) >= 11 is 6.38. The van der Waals surface area contributed by atoms with Crippen LogP contribution in [0.2, 0.25) is 5.02 Å². The van der Waals surface area contributed by atoms with Crippen molar-refractivity contribution >= 4 is 28.2 Å². The molecule has 0 saturated carbocycles. The van der Waals surface area contributed by atoms with Crippen LogP contribution in [0.4, 0.5) is 5.69 Å². The van der Waals surface area contributed by atoms with E-state index in [1.165, 1.54) is 0 Å². The van der Waals surface area contributed by atoms with Crippen LogP contribution in [-0.2, 0) is 9.47 Å². The van der Waals surface area contributed by atoms with Gasteiger partial charge in [-0.25, -0.2) is 0 Å². The molecule has 2 saturated heterocycles. The fourth-order valence-electron chi connectivity index (χ4n) is 3.67. The van der Waals surface area contributed by atoms with Gasteiger partial charge in [0.1, 0.15) is 11.7 Å². The Morgan fingerprint density at radius 3 is 3.00 bits per heavy atom. The van der Waals surface area contributed by atoms with Crippen molar-refractivity contribution in [3.05, 3.63) is 34.5 Å². The molecule has 4 rings (SSSR count). The number of morpholine rings is 1. The van der Waals surface area contributed by atoms with Crippen molar-refractivity contribution < 1.29 is 9.47 Å². The van der Waals surface area contributed by atoms with Crippen LogP contribution in [0.1, 0.15) is 17.5 Å². The molecule has 2 fully saturated rings. The van der Waals surface area contributed by atoms with E-state index in [0.29, 0.717) is 30.3 Å². The Morgan fingerprint density at radius 1 is 1.38 bits per heavy atom. The molecule has 0 bridgehead atoms. The number of nitriles is 1. The lowest BCUT2D eigenvalue weighted by Gasteiger charge is -2.41. The van der Waals surface area contributed by atoms with Gasteiger partial charge in [-0.15, -0.1) is 0 Å². The molecule has 1 aromatic heterocycles. The van der Waals surface area contributed by atoms with Crippen molar-refractivity contribution in [2.45, 2.75) is 18.9 Å². The highest BCUT2D eigenvalue weighted by molar-refractivity contribution is 6.35. The van der Waals surface area contributed by atoms with Crippen LogP contribution >= 0.6 is 11.6 Å². The summed E-state index contributed by atoms with van der Waals surface area (Å²) in [5.41, 5.74) is 2.99. The second-order valence-electron chi connectivity index (χ2n) is 6.53. The van der Waals surface area contributed by atoms with Gasteiger partial charge in [-0.2, -0.15) is 5.26 Å². The van der Waals surface area contributed by atoms with Crippen LogP contribution in [0.3, 0.4) is 0 Å². The van der Waals surface area contributed by atoms with Gasteiger partial charge in [-0.05, 0) is 24.6 Å². The number of hydrogen-bond acceptors (Lipinski definition) is 5. The van der Waals surface area contributed by atoms with Crippen LogP contribution in [0.15, 0.2) is 18.3 Å². The summed E-state index contributed by atoms with van der Waals surface area (Å²) in [5, 5.41) is 11.1. The molecule has 1 spiro atoms. The first-order valence-electron chi connectivity index (χ1n) is 8.07. The molecule has 1 aromatic carbocycles. The molecular weight excluding hydrogens is 326 g/mol. The van der Waals surface area contributed by atoms with Gasteiger partial charge in [0.2, 0.25) is 0 Å². The normalized spacial score (nSPS) is 23.8. The Morgan fingerprint density at radius 2 is 2.25 bits per heavy atom. The van der Waals surface area contributed by atoms with Crippen molar-refractivity contribution in [3.8, 4) is 6.07 Å². The van der Waals surface area contributed by atoms with Gasteiger partial charge >= 0.3 is 0 Å². The highest BCUT2D eigenvalue weighted by Gasteiger charge is 2.41. The third-order valence-electron chi connectivity index (χ3n) is 4.79. The number of fused-ring (bicyclic) bond motifs is 1. The van der Waals surface area contributed by atoms with Crippen molar-refractivity contribution in [1.29, 1.82) is 5.26 Å².